The van der Waals surface area contributed by atoms with Crippen molar-refractivity contribution in [2.45, 2.75) is 56.6 Å². The minimum Gasteiger partial charge on any atom is -0.379 e. The number of nitrogens with zero attached hydrogens (tertiary/aromatic N) is 1. The van der Waals surface area contributed by atoms with Gasteiger partial charge in [-0.15, -0.1) is 0 Å². The minimum absolute atomic E-state index is 0.0804. The summed E-state index contributed by atoms with van der Waals surface area (Å²) in [6, 6.07) is 17.0. The Labute approximate surface area is 164 Å². The van der Waals surface area contributed by atoms with E-state index >= 15 is 0 Å². The first-order valence-corrected chi connectivity index (χ1v) is 9.65. The van der Waals surface area contributed by atoms with Gasteiger partial charge in [0.1, 0.15) is 12.0 Å². The Balaban J connectivity index is 1.72. The predicted molar refractivity (Wildman–Crippen MR) is 104 cm³/mol. The summed E-state index contributed by atoms with van der Waals surface area (Å²) < 4.78 is 6.22. The van der Waals surface area contributed by atoms with Gasteiger partial charge in [0.2, 0.25) is 0 Å². The summed E-state index contributed by atoms with van der Waals surface area (Å²) in [6.07, 6.45) is 1.03. The standard InChI is InChI=1S/C23H25NO4/c1-22(2)24(20-18-11-7-6-10-17(18)14-19(20)28-22)21(26)23(27,12-13-25)15-16-8-4-3-5-9-16/h3-11,13,19-20,27H,12,14-15H2,1-2H3/t19-,20?,23+/m1/s1. The molecule has 28 heavy (non-hydrogen) atoms. The van der Waals surface area contributed by atoms with Crippen molar-refractivity contribution >= 4 is 12.2 Å². The highest BCUT2D eigenvalue weighted by atomic mass is 16.5. The van der Waals surface area contributed by atoms with Crippen LogP contribution in [0.25, 0.3) is 0 Å². The van der Waals surface area contributed by atoms with Crippen LogP contribution in [-0.2, 0) is 27.2 Å². The zero-order chi connectivity index (χ0) is 19.9. The molecular formula is C23H25NO4. The van der Waals surface area contributed by atoms with Crippen molar-refractivity contribution in [1.29, 1.82) is 0 Å². The molecule has 2 aromatic rings. The van der Waals surface area contributed by atoms with Crippen molar-refractivity contribution in [2.24, 2.45) is 0 Å². The van der Waals surface area contributed by atoms with Crippen molar-refractivity contribution in [1.82, 2.24) is 4.90 Å². The second-order valence-corrected chi connectivity index (χ2v) is 8.19. The Morgan fingerprint density at radius 3 is 2.61 bits per heavy atom. The Morgan fingerprint density at radius 2 is 1.89 bits per heavy atom. The first kappa shape index (κ1) is 18.8. The number of amides is 1. The fraction of sp³-hybridized carbons (Fsp3) is 0.391. The second kappa shape index (κ2) is 6.83. The molecule has 0 saturated carbocycles. The summed E-state index contributed by atoms with van der Waals surface area (Å²) >= 11 is 0. The van der Waals surface area contributed by atoms with Gasteiger partial charge in [-0.3, -0.25) is 4.79 Å². The molecule has 3 atom stereocenters. The monoisotopic (exact) mass is 379 g/mol. The molecule has 2 aromatic carbocycles. The molecule has 1 fully saturated rings. The van der Waals surface area contributed by atoms with Gasteiger partial charge < -0.3 is 19.5 Å². The first-order chi connectivity index (χ1) is 13.4. The lowest BCUT2D eigenvalue weighted by molar-refractivity contribution is -0.168. The van der Waals surface area contributed by atoms with Crippen molar-refractivity contribution < 1.29 is 19.4 Å². The lowest BCUT2D eigenvalue weighted by Gasteiger charge is -2.39. The number of carbonyl (C=O) groups is 2. The summed E-state index contributed by atoms with van der Waals surface area (Å²) in [5, 5.41) is 11.3. The van der Waals surface area contributed by atoms with E-state index in [0.717, 1.165) is 23.1 Å². The maximum absolute atomic E-state index is 13.7. The molecule has 0 aromatic heterocycles. The largest absolute Gasteiger partial charge is 0.379 e. The molecule has 5 heteroatoms. The quantitative estimate of drug-likeness (QED) is 0.812. The van der Waals surface area contributed by atoms with Crippen LogP contribution in [0.2, 0.25) is 0 Å². The van der Waals surface area contributed by atoms with E-state index in [1.54, 1.807) is 4.90 Å². The lowest BCUT2D eigenvalue weighted by Crippen LogP contribution is -2.56. The van der Waals surface area contributed by atoms with Gasteiger partial charge in [0.05, 0.1) is 12.1 Å². The van der Waals surface area contributed by atoms with E-state index in [1.165, 1.54) is 0 Å². The van der Waals surface area contributed by atoms with Crippen LogP contribution in [0.1, 0.15) is 43.0 Å². The van der Waals surface area contributed by atoms with Crippen LogP contribution in [0.5, 0.6) is 0 Å². The third-order valence-corrected chi connectivity index (χ3v) is 5.82. The SMILES string of the molecule is CC1(C)O[C@@H]2Cc3ccccc3C2N1C(=O)[C@](O)(CC=O)Cc1ccccc1. The average molecular weight is 379 g/mol. The van der Waals surface area contributed by atoms with E-state index in [0.29, 0.717) is 6.29 Å². The van der Waals surface area contributed by atoms with Gasteiger partial charge in [-0.25, -0.2) is 0 Å². The molecule has 1 heterocycles. The molecule has 1 N–H and O–H groups in total. The van der Waals surface area contributed by atoms with Crippen LogP contribution in [-0.4, -0.2) is 39.6 Å². The summed E-state index contributed by atoms with van der Waals surface area (Å²) in [7, 11) is 0. The van der Waals surface area contributed by atoms with Gasteiger partial charge in [0, 0.05) is 19.3 Å². The fourth-order valence-corrected chi connectivity index (χ4v) is 4.61. The van der Waals surface area contributed by atoms with E-state index in [4.69, 9.17) is 4.74 Å². The molecule has 4 rings (SSSR count). The van der Waals surface area contributed by atoms with Crippen LogP contribution < -0.4 is 0 Å². The highest BCUT2D eigenvalue weighted by molar-refractivity contribution is 5.89. The molecule has 0 bridgehead atoms. The van der Waals surface area contributed by atoms with Crippen LogP contribution >= 0.6 is 0 Å². The number of rotatable bonds is 5. The molecule has 0 spiro atoms. The zero-order valence-electron chi connectivity index (χ0n) is 16.2. The first-order valence-electron chi connectivity index (χ1n) is 9.65. The van der Waals surface area contributed by atoms with Crippen molar-refractivity contribution in [3.8, 4) is 0 Å². The van der Waals surface area contributed by atoms with E-state index < -0.39 is 17.2 Å². The molecule has 1 aliphatic heterocycles. The number of ether oxygens (including phenoxy) is 1. The number of fused-ring (bicyclic) bond motifs is 3. The second-order valence-electron chi connectivity index (χ2n) is 8.19. The van der Waals surface area contributed by atoms with E-state index in [-0.39, 0.29) is 25.0 Å². The predicted octanol–water partition coefficient (Wildman–Crippen LogP) is 2.81. The van der Waals surface area contributed by atoms with Crippen molar-refractivity contribution in [3.05, 3.63) is 71.3 Å². The van der Waals surface area contributed by atoms with Crippen LogP contribution in [0.4, 0.5) is 0 Å². The van der Waals surface area contributed by atoms with Crippen molar-refractivity contribution in [2.75, 3.05) is 0 Å². The molecule has 1 amide bonds. The number of hydrogen-bond acceptors (Lipinski definition) is 4. The lowest BCUT2D eigenvalue weighted by atomic mass is 9.88. The maximum Gasteiger partial charge on any atom is 0.258 e. The summed E-state index contributed by atoms with van der Waals surface area (Å²) in [4.78, 5) is 26.7. The third-order valence-electron chi connectivity index (χ3n) is 5.82. The summed E-state index contributed by atoms with van der Waals surface area (Å²) in [6.45, 7) is 3.69. The molecule has 2 aliphatic rings. The maximum atomic E-state index is 13.7. The van der Waals surface area contributed by atoms with Gasteiger partial charge >= 0.3 is 0 Å². The van der Waals surface area contributed by atoms with Gasteiger partial charge in [-0.05, 0) is 30.5 Å². The van der Waals surface area contributed by atoms with E-state index in [1.807, 2.05) is 68.4 Å². The molecule has 1 saturated heterocycles. The highest BCUT2D eigenvalue weighted by Crippen LogP contribution is 2.49. The Morgan fingerprint density at radius 1 is 1.21 bits per heavy atom. The number of hydrogen-bond donors (Lipinski definition) is 1. The van der Waals surface area contributed by atoms with Crippen LogP contribution in [0.3, 0.4) is 0 Å². The molecule has 1 aliphatic carbocycles. The topological polar surface area (TPSA) is 66.8 Å². The Hall–Kier alpha value is -2.50. The van der Waals surface area contributed by atoms with Crippen molar-refractivity contribution in [3.63, 3.8) is 0 Å². The minimum atomic E-state index is -1.81. The smallest absolute Gasteiger partial charge is 0.258 e. The van der Waals surface area contributed by atoms with Crippen LogP contribution in [0, 0.1) is 0 Å². The van der Waals surface area contributed by atoms with Gasteiger partial charge in [-0.1, -0.05) is 54.6 Å². The average Bonchev–Trinajstić information content (AvgIpc) is 3.12. The molecule has 0 radical (unpaired) electrons. The summed E-state index contributed by atoms with van der Waals surface area (Å²) in [5.74, 6) is -0.461. The molecule has 146 valence electrons. The van der Waals surface area contributed by atoms with Crippen LogP contribution in [0.15, 0.2) is 54.6 Å². The highest BCUT2D eigenvalue weighted by Gasteiger charge is 2.57. The normalized spacial score (nSPS) is 24.3. The number of aliphatic hydroxyl groups is 1. The Kier molecular flexibility index (Phi) is 4.60. The van der Waals surface area contributed by atoms with E-state index in [9.17, 15) is 14.7 Å². The van der Waals surface area contributed by atoms with Gasteiger partial charge in [-0.2, -0.15) is 0 Å². The van der Waals surface area contributed by atoms with Gasteiger partial charge in [0.25, 0.3) is 5.91 Å². The third kappa shape index (κ3) is 3.05. The zero-order valence-corrected chi connectivity index (χ0v) is 16.2. The number of carbonyl (C=O) groups excluding carboxylic acids is 2. The van der Waals surface area contributed by atoms with E-state index in [2.05, 4.69) is 0 Å². The summed E-state index contributed by atoms with van der Waals surface area (Å²) in [5.41, 5.74) is 0.345. The molecule has 5 nitrogen and oxygen atoms in total. The molecular weight excluding hydrogens is 354 g/mol. The number of aldehydes is 1. The molecule has 1 unspecified atom stereocenters. The number of benzene rings is 2. The Bertz CT molecular complexity index is 894. The van der Waals surface area contributed by atoms with Gasteiger partial charge in [0.15, 0.2) is 5.60 Å². The fourth-order valence-electron chi connectivity index (χ4n) is 4.61.